The molecule has 5 heterocycles. The SMILES string of the molecule is CCOC1OC(C(=O)N2CCc3cc(OC)c(OC)cc3C2CC2CC3c4cc(OC)c(OC)cc4CCN3CC2CC)=CC(c2cn(C(C)=O)c3ccccc23)C1CCOCCOCCO. The fraction of sp³-hybridized carbons (Fsp3) is 0.547. The summed E-state index contributed by atoms with van der Waals surface area (Å²) in [5.41, 5.74) is 6.50. The Morgan fingerprint density at radius 2 is 1.45 bits per heavy atom. The first-order valence-corrected chi connectivity index (χ1v) is 24.1. The normalized spacial score (nSPS) is 23.7. The van der Waals surface area contributed by atoms with Crippen molar-refractivity contribution in [2.45, 2.75) is 83.6 Å². The van der Waals surface area contributed by atoms with Gasteiger partial charge < -0.3 is 47.9 Å². The molecular weight excluding hydrogens is 855 g/mol. The Labute approximate surface area is 395 Å². The van der Waals surface area contributed by atoms with Gasteiger partial charge in [0, 0.05) is 69.2 Å². The van der Waals surface area contributed by atoms with E-state index in [1.165, 1.54) is 11.1 Å². The fourth-order valence-corrected chi connectivity index (χ4v) is 11.3. The number of amides is 1. The number of hydrogen-bond donors (Lipinski definition) is 1. The molecule has 4 aliphatic heterocycles. The number of nitrogens with zero attached hydrogens (tertiary/aromatic N) is 3. The quantitative estimate of drug-likeness (QED) is 0.0916. The van der Waals surface area contributed by atoms with Crippen molar-refractivity contribution >= 4 is 22.7 Å². The molecule has 0 aliphatic carbocycles. The van der Waals surface area contributed by atoms with Gasteiger partial charge in [-0.15, -0.1) is 0 Å². The minimum absolute atomic E-state index is 0.0492. The number of methoxy groups -OCH3 is 4. The van der Waals surface area contributed by atoms with Crippen molar-refractivity contribution in [2.24, 2.45) is 17.8 Å². The van der Waals surface area contributed by atoms with Crippen LogP contribution in [0.2, 0.25) is 0 Å². The number of aliphatic hydroxyl groups excluding tert-OH is 1. The van der Waals surface area contributed by atoms with Gasteiger partial charge in [-0.1, -0.05) is 31.5 Å². The van der Waals surface area contributed by atoms with Gasteiger partial charge in [-0.3, -0.25) is 19.1 Å². The Morgan fingerprint density at radius 3 is 2.12 bits per heavy atom. The highest BCUT2D eigenvalue weighted by Gasteiger charge is 2.45. The molecule has 1 aromatic heterocycles. The molecule has 7 atom stereocenters. The number of piperidine rings is 1. The van der Waals surface area contributed by atoms with E-state index in [0.717, 1.165) is 77.9 Å². The average Bonchev–Trinajstić information content (AvgIpc) is 3.75. The third-order valence-corrected chi connectivity index (χ3v) is 14.7. The Hall–Kier alpha value is -5.12. The van der Waals surface area contributed by atoms with Crippen molar-refractivity contribution in [3.63, 3.8) is 0 Å². The van der Waals surface area contributed by atoms with Crippen molar-refractivity contribution in [2.75, 3.05) is 87.7 Å². The van der Waals surface area contributed by atoms with E-state index in [-0.39, 0.29) is 60.6 Å². The van der Waals surface area contributed by atoms with Crippen molar-refractivity contribution in [3.05, 3.63) is 94.4 Å². The average molecular weight is 924 g/mol. The maximum Gasteiger partial charge on any atom is 0.289 e. The van der Waals surface area contributed by atoms with E-state index in [1.54, 1.807) is 39.9 Å². The molecule has 14 nitrogen and oxygen atoms in total. The number of ether oxygens (including phenoxy) is 8. The number of rotatable bonds is 19. The highest BCUT2D eigenvalue weighted by molar-refractivity contribution is 5.95. The lowest BCUT2D eigenvalue weighted by Crippen LogP contribution is -2.48. The number of fused-ring (bicyclic) bond motifs is 5. The van der Waals surface area contributed by atoms with Gasteiger partial charge in [-0.25, -0.2) is 0 Å². The minimum atomic E-state index is -0.775. The predicted molar refractivity (Wildman–Crippen MR) is 254 cm³/mol. The third kappa shape index (κ3) is 9.92. The molecule has 0 saturated carbocycles. The minimum Gasteiger partial charge on any atom is -0.493 e. The molecule has 4 aliphatic rings. The molecule has 7 unspecified atom stereocenters. The van der Waals surface area contributed by atoms with Gasteiger partial charge >= 0.3 is 0 Å². The van der Waals surface area contributed by atoms with Gasteiger partial charge in [0.1, 0.15) is 0 Å². The van der Waals surface area contributed by atoms with Crippen LogP contribution in [0.4, 0.5) is 0 Å². The van der Waals surface area contributed by atoms with Crippen LogP contribution in [0, 0.1) is 17.8 Å². The van der Waals surface area contributed by atoms with Gasteiger partial charge in [-0.2, -0.15) is 0 Å². The van der Waals surface area contributed by atoms with E-state index < -0.39 is 6.29 Å². The monoisotopic (exact) mass is 923 g/mol. The summed E-state index contributed by atoms with van der Waals surface area (Å²) in [6, 6.07) is 16.3. The van der Waals surface area contributed by atoms with Crippen molar-refractivity contribution < 1.29 is 52.6 Å². The van der Waals surface area contributed by atoms with Gasteiger partial charge in [0.05, 0.1) is 66.4 Å². The van der Waals surface area contributed by atoms with E-state index in [4.69, 9.17) is 43.0 Å². The number of aliphatic hydroxyl groups is 1. The number of aromatic nitrogens is 1. The first-order valence-electron chi connectivity index (χ1n) is 24.1. The smallest absolute Gasteiger partial charge is 0.289 e. The van der Waals surface area contributed by atoms with Crippen molar-refractivity contribution in [1.29, 1.82) is 0 Å². The van der Waals surface area contributed by atoms with Crippen LogP contribution in [-0.2, 0) is 36.6 Å². The molecule has 0 bridgehead atoms. The first-order chi connectivity index (χ1) is 32.7. The van der Waals surface area contributed by atoms with E-state index in [9.17, 15) is 4.79 Å². The second-order valence-corrected chi connectivity index (χ2v) is 18.1. The van der Waals surface area contributed by atoms with Crippen LogP contribution in [0.25, 0.3) is 10.9 Å². The van der Waals surface area contributed by atoms with E-state index in [1.807, 2.05) is 48.4 Å². The maximum atomic E-state index is 15.6. The molecule has 1 saturated heterocycles. The molecule has 1 N–H and O–H groups in total. The van der Waals surface area contributed by atoms with Crippen LogP contribution >= 0.6 is 0 Å². The topological polar surface area (TPSA) is 140 Å². The van der Waals surface area contributed by atoms with Crippen LogP contribution in [0.5, 0.6) is 23.0 Å². The van der Waals surface area contributed by atoms with Crippen LogP contribution < -0.4 is 18.9 Å². The molecule has 362 valence electrons. The van der Waals surface area contributed by atoms with Crippen LogP contribution in [0.3, 0.4) is 0 Å². The lowest BCUT2D eigenvalue weighted by molar-refractivity contribution is -0.173. The van der Waals surface area contributed by atoms with Crippen molar-refractivity contribution in [1.82, 2.24) is 14.4 Å². The molecule has 14 heteroatoms. The number of hydrogen-bond acceptors (Lipinski definition) is 12. The van der Waals surface area contributed by atoms with Crippen LogP contribution in [-0.4, -0.2) is 125 Å². The zero-order chi connectivity index (χ0) is 47.2. The predicted octanol–water partition coefficient (Wildman–Crippen LogP) is 7.89. The number of carbonyl (C=O) groups is 2. The van der Waals surface area contributed by atoms with Gasteiger partial charge in [0.15, 0.2) is 28.8 Å². The molecule has 4 aromatic rings. The summed E-state index contributed by atoms with van der Waals surface area (Å²) in [6.45, 7) is 9.89. The van der Waals surface area contributed by atoms with E-state index in [0.29, 0.717) is 63.2 Å². The maximum absolute atomic E-state index is 15.6. The zero-order valence-electron chi connectivity index (χ0n) is 40.3. The lowest BCUT2D eigenvalue weighted by atomic mass is 9.72. The van der Waals surface area contributed by atoms with Gasteiger partial charge in [-0.05, 0) is 115 Å². The summed E-state index contributed by atoms with van der Waals surface area (Å²) in [5, 5.41) is 10.1. The van der Waals surface area contributed by atoms with Crippen molar-refractivity contribution in [3.8, 4) is 23.0 Å². The third-order valence-electron chi connectivity index (χ3n) is 14.7. The van der Waals surface area contributed by atoms with Gasteiger partial charge in [0.2, 0.25) is 12.2 Å². The second-order valence-electron chi connectivity index (χ2n) is 18.1. The molecule has 1 amide bonds. The summed E-state index contributed by atoms with van der Waals surface area (Å²) < 4.78 is 49.6. The van der Waals surface area contributed by atoms with Gasteiger partial charge in [0.25, 0.3) is 5.91 Å². The molecule has 67 heavy (non-hydrogen) atoms. The Balaban J connectivity index is 1.18. The second kappa shape index (κ2) is 21.9. The summed E-state index contributed by atoms with van der Waals surface area (Å²) in [4.78, 5) is 33.4. The molecular formula is C53H69N3O11. The largest absolute Gasteiger partial charge is 0.493 e. The van der Waals surface area contributed by atoms with Crippen LogP contribution in [0.1, 0.15) is 97.1 Å². The Morgan fingerprint density at radius 1 is 0.791 bits per heavy atom. The molecule has 8 rings (SSSR count). The Bertz CT molecular complexity index is 2400. The molecule has 0 radical (unpaired) electrons. The molecule has 0 spiro atoms. The number of benzene rings is 3. The van der Waals surface area contributed by atoms with E-state index in [2.05, 4.69) is 36.1 Å². The fourth-order valence-electron chi connectivity index (χ4n) is 11.3. The summed E-state index contributed by atoms with van der Waals surface area (Å²) in [6.07, 6.45) is 7.94. The highest BCUT2D eigenvalue weighted by Crippen LogP contribution is 2.50. The first kappa shape index (κ1) is 48.3. The standard InChI is InChI=1S/C53H69N3O11/c1-8-34-31-54-17-14-35-26-47(60-4)49(62-6)28-40(35)45(54)24-37(34)25-46-41-29-50(63-7)48(61-5)27-36(41)15-18-55(46)52(59)51-30-42(43-32-56(33(3)58)44-13-11-10-12-38(43)44)39(53(67-51)66-9-2)16-20-64-22-23-65-21-19-57/h10-13,26-30,32,34,37,39,42,45-46,53,57H,8-9,14-25,31H2,1-7H3. The summed E-state index contributed by atoms with van der Waals surface area (Å²) >= 11 is 0. The number of para-hydroxylation sites is 1. The highest BCUT2D eigenvalue weighted by atomic mass is 16.7. The summed E-state index contributed by atoms with van der Waals surface area (Å²) in [7, 11) is 6.70. The van der Waals surface area contributed by atoms with Crippen LogP contribution in [0.15, 0.2) is 66.6 Å². The molecule has 3 aromatic carbocycles. The molecule has 1 fully saturated rings. The number of carbonyl (C=O) groups excluding carboxylic acids is 2. The Kier molecular flexibility index (Phi) is 15.8. The lowest BCUT2D eigenvalue weighted by Gasteiger charge is -2.49. The zero-order valence-corrected chi connectivity index (χ0v) is 40.3. The van der Waals surface area contributed by atoms with E-state index >= 15 is 4.79 Å². The summed E-state index contributed by atoms with van der Waals surface area (Å²) in [5.74, 6) is 2.80. The number of allylic oxidation sites excluding steroid dienone is 1.